The number of benzene rings is 2. The number of alkyl carbamates (subject to hydrolysis) is 1. The van der Waals surface area contributed by atoms with E-state index in [0.29, 0.717) is 31.1 Å². The van der Waals surface area contributed by atoms with Gasteiger partial charge in [0.1, 0.15) is 13.2 Å². The molecule has 0 aliphatic heterocycles. The van der Waals surface area contributed by atoms with Gasteiger partial charge in [-0.1, -0.05) is 25.6 Å². The van der Waals surface area contributed by atoms with Crippen LogP contribution in [0.15, 0.2) is 58.7 Å². The summed E-state index contributed by atoms with van der Waals surface area (Å²) in [6.07, 6.45) is 3.20. The maximum Gasteiger partial charge on any atom is 0.407 e. The van der Waals surface area contributed by atoms with E-state index in [1.54, 1.807) is 12.1 Å². The Morgan fingerprint density at radius 3 is 1.94 bits per heavy atom. The zero-order valence-corrected chi connectivity index (χ0v) is 27.4. The number of carbonyl (C=O) groups excluding carboxylic acids is 5. The molecule has 15 nitrogen and oxygen atoms in total. The molecule has 0 fully saturated rings. The average molecular weight is 680 g/mol. The van der Waals surface area contributed by atoms with E-state index in [1.807, 2.05) is 31.2 Å². The van der Waals surface area contributed by atoms with Gasteiger partial charge in [0.2, 0.25) is 18.1 Å². The van der Waals surface area contributed by atoms with E-state index in [-0.39, 0.29) is 76.7 Å². The minimum atomic E-state index is -0.543. The molecule has 49 heavy (non-hydrogen) atoms. The maximum atomic E-state index is 12.8. The molecule has 0 radical (unpaired) electrons. The van der Waals surface area contributed by atoms with Crippen LogP contribution in [0.2, 0.25) is 0 Å². The molecule has 262 valence electrons. The minimum absolute atomic E-state index is 0.0235. The fraction of sp³-hybridized carbons (Fsp3) is 0.441. The van der Waals surface area contributed by atoms with Crippen molar-refractivity contribution in [2.45, 2.75) is 25.7 Å². The third-order valence-electron chi connectivity index (χ3n) is 7.01. The number of hydrogen-bond donors (Lipinski definition) is 3. The quantitative estimate of drug-likeness (QED) is 0.0515. The van der Waals surface area contributed by atoms with Gasteiger partial charge in [0, 0.05) is 23.8 Å². The Morgan fingerprint density at radius 1 is 0.776 bits per heavy atom. The molecular weight excluding hydrogens is 638 g/mol. The van der Waals surface area contributed by atoms with Crippen molar-refractivity contribution in [3.8, 4) is 11.1 Å². The molecule has 0 saturated heterocycles. The predicted octanol–water partition coefficient (Wildman–Crippen LogP) is 3.45. The van der Waals surface area contributed by atoms with Crippen LogP contribution >= 0.6 is 0 Å². The molecule has 0 heterocycles. The van der Waals surface area contributed by atoms with Crippen molar-refractivity contribution in [3.05, 3.63) is 59.9 Å². The first kappa shape index (κ1) is 38.3. The van der Waals surface area contributed by atoms with Gasteiger partial charge < -0.3 is 39.6 Å². The van der Waals surface area contributed by atoms with Gasteiger partial charge >= 0.3 is 6.09 Å². The number of rotatable bonds is 23. The largest absolute Gasteiger partial charge is 0.486 e. The number of amides is 3. The molecule has 2 aromatic rings. The maximum absolute atomic E-state index is 12.8. The lowest BCUT2D eigenvalue weighted by Crippen LogP contribution is -2.26. The van der Waals surface area contributed by atoms with E-state index in [2.05, 4.69) is 32.5 Å². The van der Waals surface area contributed by atoms with Crippen molar-refractivity contribution in [2.24, 2.45) is 9.98 Å². The van der Waals surface area contributed by atoms with Gasteiger partial charge in [-0.25, -0.2) is 24.4 Å². The Labute approximate surface area is 284 Å². The van der Waals surface area contributed by atoms with Crippen molar-refractivity contribution in [1.82, 2.24) is 5.32 Å². The van der Waals surface area contributed by atoms with Gasteiger partial charge in [0.25, 0.3) is 5.91 Å². The van der Waals surface area contributed by atoms with E-state index < -0.39 is 12.0 Å². The molecule has 3 N–H and O–H groups in total. The zero-order valence-electron chi connectivity index (χ0n) is 27.4. The average Bonchev–Trinajstić information content (AvgIpc) is 3.40. The van der Waals surface area contributed by atoms with Crippen LogP contribution in [-0.2, 0) is 42.9 Å². The number of anilines is 2. The van der Waals surface area contributed by atoms with Gasteiger partial charge in [-0.05, 0) is 52.9 Å². The number of nitrogens with one attached hydrogen (secondary N) is 3. The Morgan fingerprint density at radius 2 is 1.35 bits per heavy atom. The van der Waals surface area contributed by atoms with Gasteiger partial charge in [-0.3, -0.25) is 9.59 Å². The normalized spacial score (nSPS) is 12.4. The SMILES string of the molecule is C=C(OCCOCCN=C=O)C(=O)Nc1ccc2c(c1)C(COC(=O)NCCC)c1cc(NC(=O)CCOCCOCCN=C=O)ccc1-2. The number of aliphatic imine (C=N–C) groups is 2. The molecule has 0 saturated carbocycles. The molecule has 2 aromatic carbocycles. The van der Waals surface area contributed by atoms with Crippen LogP contribution in [0.25, 0.3) is 11.1 Å². The molecule has 0 spiro atoms. The lowest BCUT2D eigenvalue weighted by atomic mass is 9.97. The van der Waals surface area contributed by atoms with Crippen LogP contribution in [0.3, 0.4) is 0 Å². The molecule has 1 aliphatic carbocycles. The van der Waals surface area contributed by atoms with E-state index in [4.69, 9.17) is 23.7 Å². The van der Waals surface area contributed by atoms with Crippen molar-refractivity contribution in [3.63, 3.8) is 0 Å². The fourth-order valence-electron chi connectivity index (χ4n) is 4.75. The Bertz CT molecular complexity index is 1540. The van der Waals surface area contributed by atoms with Gasteiger partial charge in [-0.2, -0.15) is 0 Å². The summed E-state index contributed by atoms with van der Waals surface area (Å²) in [5.41, 5.74) is 4.52. The highest BCUT2D eigenvalue weighted by Gasteiger charge is 2.31. The number of isocyanates is 2. The topological polar surface area (TPSA) is 192 Å². The first-order chi connectivity index (χ1) is 23.9. The third kappa shape index (κ3) is 13.1. The summed E-state index contributed by atoms with van der Waals surface area (Å²) in [6, 6.07) is 11.0. The summed E-state index contributed by atoms with van der Waals surface area (Å²) in [6.45, 7) is 8.12. The standard InChI is InChI=1S/C34H41N5O10/c1-3-9-37-34(44)49-21-31-29-19-25(38-32(42)8-12-45-15-16-46-13-10-35-22-40)4-6-27(29)28-7-5-26(20-30(28)31)39-33(43)24(2)48-18-17-47-14-11-36-23-41/h4-7,19-20,31H,2-3,8-18,21H2,1H3,(H,37,44)(H,38,42)(H,39,43). The second kappa shape index (κ2) is 21.7. The highest BCUT2D eigenvalue weighted by atomic mass is 16.5. The molecule has 0 aromatic heterocycles. The van der Waals surface area contributed by atoms with Crippen LogP contribution in [0.4, 0.5) is 16.2 Å². The molecule has 1 atom stereocenters. The first-order valence-corrected chi connectivity index (χ1v) is 15.8. The summed E-state index contributed by atoms with van der Waals surface area (Å²) < 4.78 is 26.9. The third-order valence-corrected chi connectivity index (χ3v) is 7.01. The summed E-state index contributed by atoms with van der Waals surface area (Å²) in [4.78, 5) is 64.7. The van der Waals surface area contributed by atoms with Crippen LogP contribution in [0, 0.1) is 0 Å². The highest BCUT2D eigenvalue weighted by molar-refractivity contribution is 6.02. The molecule has 0 bridgehead atoms. The fourth-order valence-corrected chi connectivity index (χ4v) is 4.75. The van der Waals surface area contributed by atoms with Crippen molar-refractivity contribution in [2.75, 3.05) is 83.1 Å². The smallest absolute Gasteiger partial charge is 0.407 e. The highest BCUT2D eigenvalue weighted by Crippen LogP contribution is 2.47. The Kier molecular flexibility index (Phi) is 16.9. The summed E-state index contributed by atoms with van der Waals surface area (Å²) >= 11 is 0. The first-order valence-electron chi connectivity index (χ1n) is 15.8. The van der Waals surface area contributed by atoms with E-state index >= 15 is 0 Å². The lowest BCUT2D eigenvalue weighted by Gasteiger charge is -2.16. The van der Waals surface area contributed by atoms with Crippen LogP contribution in [0.1, 0.15) is 36.8 Å². The Hall–Kier alpha value is -5.17. The molecule has 3 amide bonds. The molecule has 1 aliphatic rings. The number of carbonyl (C=O) groups is 3. The molecule has 3 rings (SSSR count). The van der Waals surface area contributed by atoms with Crippen molar-refractivity contribution < 1.29 is 47.7 Å². The predicted molar refractivity (Wildman–Crippen MR) is 179 cm³/mol. The number of hydrogen-bond acceptors (Lipinski definition) is 12. The van der Waals surface area contributed by atoms with Crippen molar-refractivity contribution >= 4 is 41.4 Å². The summed E-state index contributed by atoms with van der Waals surface area (Å²) in [5.74, 6) is -1.27. The van der Waals surface area contributed by atoms with E-state index in [0.717, 1.165) is 28.7 Å². The number of fused-ring (bicyclic) bond motifs is 3. The summed E-state index contributed by atoms with van der Waals surface area (Å²) in [7, 11) is 0. The lowest BCUT2D eigenvalue weighted by molar-refractivity contribution is -0.117. The van der Waals surface area contributed by atoms with Gasteiger partial charge in [-0.15, -0.1) is 0 Å². The molecule has 1 unspecified atom stereocenters. The van der Waals surface area contributed by atoms with Crippen LogP contribution in [0.5, 0.6) is 0 Å². The minimum Gasteiger partial charge on any atom is -0.486 e. The summed E-state index contributed by atoms with van der Waals surface area (Å²) in [5, 5.41) is 8.38. The van der Waals surface area contributed by atoms with Crippen LogP contribution < -0.4 is 16.0 Å². The van der Waals surface area contributed by atoms with E-state index in [1.165, 1.54) is 12.2 Å². The monoisotopic (exact) mass is 679 g/mol. The van der Waals surface area contributed by atoms with Gasteiger partial charge in [0.05, 0.1) is 59.2 Å². The molecular formula is C34H41N5O10. The van der Waals surface area contributed by atoms with Crippen molar-refractivity contribution in [1.29, 1.82) is 0 Å². The molecule has 15 heteroatoms. The number of ether oxygens (including phenoxy) is 5. The van der Waals surface area contributed by atoms with Gasteiger partial charge in [0.15, 0.2) is 5.76 Å². The number of nitrogens with zero attached hydrogens (tertiary/aromatic N) is 2. The second-order valence-electron chi connectivity index (χ2n) is 10.5. The zero-order chi connectivity index (χ0) is 35.3. The van der Waals surface area contributed by atoms with Crippen LogP contribution in [-0.4, -0.2) is 103 Å². The van der Waals surface area contributed by atoms with E-state index in [9.17, 15) is 24.0 Å². The second-order valence-corrected chi connectivity index (χ2v) is 10.5. The Balaban J connectivity index is 1.63.